The van der Waals surface area contributed by atoms with Crippen LogP contribution in [0.25, 0.3) is 0 Å². The molecule has 0 aliphatic heterocycles. The summed E-state index contributed by atoms with van der Waals surface area (Å²) in [6.07, 6.45) is -4.39. The molecule has 0 spiro atoms. The van der Waals surface area contributed by atoms with E-state index in [9.17, 15) is 13.2 Å². The summed E-state index contributed by atoms with van der Waals surface area (Å²) >= 11 is 0. The molecule has 1 aromatic rings. The van der Waals surface area contributed by atoms with Crippen molar-refractivity contribution in [2.45, 2.75) is 6.30 Å². The molecule has 5 heteroatoms. The number of alkyl halides is 3. The maximum Gasteiger partial charge on any atom is 0.484 e. The number of aromatic hydroxyl groups is 1. The maximum atomic E-state index is 12.1. The first-order valence-corrected chi connectivity index (χ1v) is 3.51. The van der Waals surface area contributed by atoms with Crippen LogP contribution in [0.4, 0.5) is 18.9 Å². The van der Waals surface area contributed by atoms with Crippen LogP contribution in [-0.2, 0) is 0 Å². The molecule has 0 saturated carbocycles. The van der Waals surface area contributed by atoms with E-state index in [1.807, 2.05) is 0 Å². The van der Waals surface area contributed by atoms with Gasteiger partial charge < -0.3 is 5.11 Å². The number of nitrogens with zero attached hydrogens (tertiary/aromatic N) is 1. The molecule has 0 aliphatic rings. The molecule has 0 aliphatic carbocycles. The van der Waals surface area contributed by atoms with Gasteiger partial charge in [-0.1, -0.05) is 0 Å². The fourth-order valence-electron chi connectivity index (χ4n) is 0.823. The molecule has 0 amide bonds. The summed E-state index contributed by atoms with van der Waals surface area (Å²) in [5.41, 5.74) is -0.00898. The molecule has 1 rings (SSSR count). The average Bonchev–Trinajstić information content (AvgIpc) is 2.03. The molecule has 0 heterocycles. The van der Waals surface area contributed by atoms with Crippen LogP contribution in [0.5, 0.6) is 5.75 Å². The van der Waals surface area contributed by atoms with Crippen LogP contribution >= 0.6 is 0 Å². The Bertz CT molecular complexity index is 280. The van der Waals surface area contributed by atoms with Crippen LogP contribution in [-0.4, -0.2) is 18.5 Å². The molecule has 13 heavy (non-hydrogen) atoms. The Morgan fingerprint density at radius 1 is 1.15 bits per heavy atom. The highest BCUT2D eigenvalue weighted by Crippen LogP contribution is 2.27. The van der Waals surface area contributed by atoms with E-state index in [0.717, 1.165) is 7.05 Å². The standard InChI is InChI=1S/C8H8F3NO/c1-12(8(9,10)11)6-2-4-7(13)5-3-6/h2-5,13H,1H3. The Kier molecular flexibility index (Phi) is 2.36. The fraction of sp³-hybridized carbons (Fsp3) is 0.250. The molecule has 72 valence electrons. The fourth-order valence-corrected chi connectivity index (χ4v) is 0.823. The molecule has 1 aromatic carbocycles. The molecule has 0 fully saturated rings. The minimum atomic E-state index is -4.39. The SMILES string of the molecule is CN(c1ccc(O)cc1)C(F)(F)F. The lowest BCUT2D eigenvalue weighted by molar-refractivity contribution is -0.125. The first-order chi connectivity index (χ1) is 5.91. The number of phenolic OH excluding ortho intramolecular Hbond substituents is 1. The summed E-state index contributed by atoms with van der Waals surface area (Å²) in [5.74, 6) is -0.0562. The van der Waals surface area contributed by atoms with Crippen LogP contribution < -0.4 is 4.90 Å². The van der Waals surface area contributed by atoms with Crippen molar-refractivity contribution in [3.05, 3.63) is 24.3 Å². The molecular formula is C8H8F3NO. The largest absolute Gasteiger partial charge is 0.508 e. The normalized spacial score (nSPS) is 11.4. The zero-order chi connectivity index (χ0) is 10.1. The van der Waals surface area contributed by atoms with Crippen molar-refractivity contribution in [3.63, 3.8) is 0 Å². The molecule has 0 atom stereocenters. The zero-order valence-corrected chi connectivity index (χ0v) is 6.84. The van der Waals surface area contributed by atoms with E-state index in [1.165, 1.54) is 24.3 Å². The van der Waals surface area contributed by atoms with Gasteiger partial charge in [0.2, 0.25) is 0 Å². The quantitative estimate of drug-likeness (QED) is 0.688. The van der Waals surface area contributed by atoms with E-state index in [4.69, 9.17) is 5.11 Å². The van der Waals surface area contributed by atoms with Gasteiger partial charge in [0.15, 0.2) is 0 Å². The Labute approximate surface area is 73.2 Å². The Morgan fingerprint density at radius 2 is 1.62 bits per heavy atom. The summed E-state index contributed by atoms with van der Waals surface area (Å²) < 4.78 is 36.3. The maximum absolute atomic E-state index is 12.1. The van der Waals surface area contributed by atoms with Gasteiger partial charge in [-0.15, -0.1) is 0 Å². The Morgan fingerprint density at radius 3 is 2.00 bits per heavy atom. The minimum Gasteiger partial charge on any atom is -0.508 e. The lowest BCUT2D eigenvalue weighted by atomic mass is 10.3. The molecule has 0 saturated heterocycles. The van der Waals surface area contributed by atoms with Crippen molar-refractivity contribution in [1.82, 2.24) is 0 Å². The zero-order valence-electron chi connectivity index (χ0n) is 6.84. The number of benzene rings is 1. The highest BCUT2D eigenvalue weighted by Gasteiger charge is 2.34. The number of rotatable bonds is 1. The Balaban J connectivity index is 2.90. The molecule has 0 radical (unpaired) electrons. The summed E-state index contributed by atoms with van der Waals surface area (Å²) in [4.78, 5) is 0.173. The van der Waals surface area contributed by atoms with Gasteiger partial charge in [0, 0.05) is 12.7 Å². The van der Waals surface area contributed by atoms with Crippen LogP contribution in [0, 0.1) is 0 Å². The van der Waals surface area contributed by atoms with Gasteiger partial charge in [-0.05, 0) is 24.3 Å². The second-order valence-corrected chi connectivity index (χ2v) is 2.54. The van der Waals surface area contributed by atoms with Gasteiger partial charge in [0.25, 0.3) is 0 Å². The van der Waals surface area contributed by atoms with Crippen molar-refractivity contribution in [2.75, 3.05) is 11.9 Å². The summed E-state index contributed by atoms with van der Waals surface area (Å²) in [7, 11) is 0.923. The van der Waals surface area contributed by atoms with Crippen LogP contribution in [0.3, 0.4) is 0 Å². The van der Waals surface area contributed by atoms with E-state index in [1.54, 1.807) is 0 Å². The van der Waals surface area contributed by atoms with E-state index in [0.29, 0.717) is 0 Å². The van der Waals surface area contributed by atoms with Gasteiger partial charge in [-0.25, -0.2) is 0 Å². The molecule has 0 aromatic heterocycles. The smallest absolute Gasteiger partial charge is 0.484 e. The third-order valence-electron chi connectivity index (χ3n) is 1.62. The van der Waals surface area contributed by atoms with Crippen molar-refractivity contribution in [2.24, 2.45) is 0 Å². The first-order valence-electron chi connectivity index (χ1n) is 3.51. The van der Waals surface area contributed by atoms with Crippen molar-refractivity contribution in [3.8, 4) is 5.75 Å². The van der Waals surface area contributed by atoms with E-state index in [2.05, 4.69) is 0 Å². The molecule has 2 nitrogen and oxygen atoms in total. The number of hydrogen-bond acceptors (Lipinski definition) is 2. The summed E-state index contributed by atoms with van der Waals surface area (Å²) in [6.45, 7) is 0. The third kappa shape index (κ3) is 2.27. The van der Waals surface area contributed by atoms with Gasteiger partial charge in [0.1, 0.15) is 5.75 Å². The first kappa shape index (κ1) is 9.70. The predicted octanol–water partition coefficient (Wildman–Crippen LogP) is 2.35. The van der Waals surface area contributed by atoms with Crippen LogP contribution in [0.15, 0.2) is 24.3 Å². The highest BCUT2D eigenvalue weighted by atomic mass is 19.4. The molecule has 0 bridgehead atoms. The van der Waals surface area contributed by atoms with Gasteiger partial charge in [-0.3, -0.25) is 4.90 Å². The highest BCUT2D eigenvalue weighted by molar-refractivity contribution is 5.48. The number of halogens is 3. The van der Waals surface area contributed by atoms with Gasteiger partial charge >= 0.3 is 6.30 Å². The van der Waals surface area contributed by atoms with Gasteiger partial charge in [0.05, 0.1) is 0 Å². The number of hydrogen-bond donors (Lipinski definition) is 1. The van der Waals surface area contributed by atoms with Crippen LogP contribution in [0.1, 0.15) is 0 Å². The average molecular weight is 191 g/mol. The second-order valence-electron chi connectivity index (χ2n) is 2.54. The third-order valence-corrected chi connectivity index (χ3v) is 1.62. The summed E-state index contributed by atoms with van der Waals surface area (Å²) in [5, 5.41) is 8.84. The number of phenols is 1. The topological polar surface area (TPSA) is 23.5 Å². The van der Waals surface area contributed by atoms with Crippen LogP contribution in [0.2, 0.25) is 0 Å². The summed E-state index contributed by atoms with van der Waals surface area (Å²) in [6, 6.07) is 4.81. The molecule has 1 N–H and O–H groups in total. The van der Waals surface area contributed by atoms with Crippen molar-refractivity contribution >= 4 is 5.69 Å². The van der Waals surface area contributed by atoms with E-state index in [-0.39, 0.29) is 16.3 Å². The predicted molar refractivity (Wildman–Crippen MR) is 42.6 cm³/mol. The number of anilines is 1. The minimum absolute atomic E-state index is 0.00898. The second kappa shape index (κ2) is 3.16. The monoisotopic (exact) mass is 191 g/mol. The van der Waals surface area contributed by atoms with Gasteiger partial charge in [-0.2, -0.15) is 13.2 Å². The van der Waals surface area contributed by atoms with Crippen molar-refractivity contribution in [1.29, 1.82) is 0 Å². The Hall–Kier alpha value is -1.39. The van der Waals surface area contributed by atoms with Crippen molar-refractivity contribution < 1.29 is 18.3 Å². The lowest BCUT2D eigenvalue weighted by Crippen LogP contribution is -2.33. The van der Waals surface area contributed by atoms with E-state index < -0.39 is 6.30 Å². The van der Waals surface area contributed by atoms with E-state index >= 15 is 0 Å². The molecule has 0 unspecified atom stereocenters. The lowest BCUT2D eigenvalue weighted by Gasteiger charge is -2.21. The molecular weight excluding hydrogens is 183 g/mol.